The largest absolute Gasteiger partial charge is 0.213 e. The molecule has 0 radical (unpaired) electrons. The van der Waals surface area contributed by atoms with E-state index in [9.17, 15) is 8.42 Å². The molecule has 1 saturated heterocycles. The molecule has 1 heterocycles. The summed E-state index contributed by atoms with van der Waals surface area (Å²) in [6, 6.07) is 0. The second-order valence-electron chi connectivity index (χ2n) is 6.53. The van der Waals surface area contributed by atoms with Crippen LogP contribution in [-0.4, -0.2) is 37.4 Å². The number of rotatable bonds is 4. The average Bonchev–Trinajstić information content (AvgIpc) is 2.39. The lowest BCUT2D eigenvalue weighted by atomic mass is 9.69. The molecule has 2 aliphatic rings. The van der Waals surface area contributed by atoms with Crippen molar-refractivity contribution < 1.29 is 8.42 Å². The smallest absolute Gasteiger partial charge is 0.211 e. The highest BCUT2D eigenvalue weighted by atomic mass is 79.9. The predicted molar refractivity (Wildman–Crippen MR) is 83.1 cm³/mol. The molecule has 1 aliphatic heterocycles. The maximum absolute atomic E-state index is 11.7. The summed E-state index contributed by atoms with van der Waals surface area (Å²) >= 11 is 3.72. The molecule has 0 amide bonds. The number of nitrogens with zero attached hydrogens (tertiary/aromatic N) is 1. The van der Waals surface area contributed by atoms with Crippen molar-refractivity contribution in [1.29, 1.82) is 0 Å². The van der Waals surface area contributed by atoms with Gasteiger partial charge in [-0.2, -0.15) is 0 Å². The van der Waals surface area contributed by atoms with Crippen molar-refractivity contribution >= 4 is 26.0 Å². The van der Waals surface area contributed by atoms with Crippen molar-refractivity contribution in [1.82, 2.24) is 4.31 Å². The van der Waals surface area contributed by atoms with Gasteiger partial charge in [0.05, 0.1) is 6.26 Å². The number of hydrogen-bond donors (Lipinski definition) is 0. The van der Waals surface area contributed by atoms with Crippen molar-refractivity contribution in [3.63, 3.8) is 0 Å². The van der Waals surface area contributed by atoms with Crippen molar-refractivity contribution in [2.75, 3.05) is 24.7 Å². The molecular formula is C14H26BrNO2S. The third-order valence-corrected chi connectivity index (χ3v) is 7.33. The number of piperidine rings is 1. The first-order valence-electron chi connectivity index (χ1n) is 7.46. The third kappa shape index (κ3) is 4.18. The summed E-state index contributed by atoms with van der Waals surface area (Å²) < 4.78 is 25.1. The Labute approximate surface area is 126 Å². The number of sulfonamides is 1. The minimum Gasteiger partial charge on any atom is -0.213 e. The van der Waals surface area contributed by atoms with Gasteiger partial charge >= 0.3 is 0 Å². The van der Waals surface area contributed by atoms with Crippen LogP contribution in [0.5, 0.6) is 0 Å². The average molecular weight is 352 g/mol. The van der Waals surface area contributed by atoms with Crippen molar-refractivity contribution in [3.8, 4) is 0 Å². The molecule has 0 spiro atoms. The van der Waals surface area contributed by atoms with Crippen LogP contribution in [0.25, 0.3) is 0 Å². The Morgan fingerprint density at radius 3 is 2.47 bits per heavy atom. The first-order chi connectivity index (χ1) is 8.95. The number of alkyl halides is 1. The first kappa shape index (κ1) is 15.8. The highest BCUT2D eigenvalue weighted by molar-refractivity contribution is 9.09. The van der Waals surface area contributed by atoms with Gasteiger partial charge in [0.1, 0.15) is 0 Å². The molecule has 2 fully saturated rings. The normalized spacial score (nSPS) is 29.3. The van der Waals surface area contributed by atoms with Crippen molar-refractivity contribution in [3.05, 3.63) is 0 Å². The molecule has 112 valence electrons. The van der Waals surface area contributed by atoms with E-state index < -0.39 is 10.0 Å². The molecule has 1 unspecified atom stereocenters. The van der Waals surface area contributed by atoms with Gasteiger partial charge in [-0.15, -0.1) is 0 Å². The lowest BCUT2D eigenvalue weighted by molar-refractivity contribution is 0.139. The van der Waals surface area contributed by atoms with Crippen LogP contribution in [0.1, 0.15) is 51.4 Å². The van der Waals surface area contributed by atoms with Crippen molar-refractivity contribution in [2.45, 2.75) is 51.4 Å². The summed E-state index contributed by atoms with van der Waals surface area (Å²) in [6.07, 6.45) is 11.4. The Kier molecular flexibility index (Phi) is 5.34. The van der Waals surface area contributed by atoms with Gasteiger partial charge in [0.15, 0.2) is 0 Å². The van der Waals surface area contributed by atoms with Crippen LogP contribution in [0.4, 0.5) is 0 Å². The van der Waals surface area contributed by atoms with Crippen LogP contribution in [0, 0.1) is 11.3 Å². The lowest BCUT2D eigenvalue weighted by Gasteiger charge is -2.41. The van der Waals surface area contributed by atoms with E-state index >= 15 is 0 Å². The summed E-state index contributed by atoms with van der Waals surface area (Å²) in [6.45, 7) is 1.46. The van der Waals surface area contributed by atoms with Gasteiger partial charge in [0, 0.05) is 18.4 Å². The molecule has 0 aromatic carbocycles. The van der Waals surface area contributed by atoms with Gasteiger partial charge in [0.2, 0.25) is 10.0 Å². The van der Waals surface area contributed by atoms with Crippen molar-refractivity contribution in [2.24, 2.45) is 11.3 Å². The molecular weight excluding hydrogens is 326 g/mol. The minimum absolute atomic E-state index is 0.434. The highest BCUT2D eigenvalue weighted by Gasteiger charge is 2.36. The lowest BCUT2D eigenvalue weighted by Crippen LogP contribution is -2.41. The van der Waals surface area contributed by atoms with E-state index in [0.29, 0.717) is 11.3 Å². The molecule has 0 aromatic rings. The molecule has 5 heteroatoms. The summed E-state index contributed by atoms with van der Waals surface area (Å²) in [4.78, 5) is 0. The van der Waals surface area contributed by atoms with Crippen LogP contribution < -0.4 is 0 Å². The van der Waals surface area contributed by atoms with Crippen LogP contribution in [-0.2, 0) is 10.0 Å². The molecule has 0 aromatic heterocycles. The second-order valence-corrected chi connectivity index (χ2v) is 9.07. The molecule has 3 nitrogen and oxygen atoms in total. The van der Waals surface area contributed by atoms with Gasteiger partial charge in [-0.25, -0.2) is 12.7 Å². The molecule has 1 atom stereocenters. The Morgan fingerprint density at radius 2 is 1.89 bits per heavy atom. The minimum atomic E-state index is -3.00. The van der Waals surface area contributed by atoms with Gasteiger partial charge in [0.25, 0.3) is 0 Å². The van der Waals surface area contributed by atoms with E-state index in [1.165, 1.54) is 51.2 Å². The van der Waals surface area contributed by atoms with E-state index in [1.54, 1.807) is 4.31 Å². The summed E-state index contributed by atoms with van der Waals surface area (Å²) in [5.41, 5.74) is 0.434. The maximum atomic E-state index is 11.7. The van der Waals surface area contributed by atoms with Crippen LogP contribution >= 0.6 is 15.9 Å². The fourth-order valence-electron chi connectivity index (χ4n) is 3.80. The standard InChI is InChI=1S/C14H26BrNO2S/c1-19(17,18)16-9-5-6-13(11-16)10-14(12-15)7-3-2-4-8-14/h13H,2-12H2,1H3. The fraction of sp³-hybridized carbons (Fsp3) is 1.00. The van der Waals surface area contributed by atoms with E-state index in [0.717, 1.165) is 24.8 Å². The summed E-state index contributed by atoms with van der Waals surface area (Å²) in [7, 11) is -3.00. The summed E-state index contributed by atoms with van der Waals surface area (Å²) in [5.74, 6) is 0.555. The molecule has 0 bridgehead atoms. The zero-order valence-electron chi connectivity index (χ0n) is 11.9. The second kappa shape index (κ2) is 6.44. The summed E-state index contributed by atoms with van der Waals surface area (Å²) in [5, 5.41) is 1.08. The van der Waals surface area contributed by atoms with E-state index in [1.807, 2.05) is 0 Å². The van der Waals surface area contributed by atoms with E-state index in [2.05, 4.69) is 15.9 Å². The third-order valence-electron chi connectivity index (χ3n) is 4.87. The van der Waals surface area contributed by atoms with Crippen LogP contribution in [0.3, 0.4) is 0 Å². The maximum Gasteiger partial charge on any atom is 0.211 e. The number of halogens is 1. The van der Waals surface area contributed by atoms with Gasteiger partial charge in [-0.05, 0) is 43.4 Å². The van der Waals surface area contributed by atoms with E-state index in [4.69, 9.17) is 0 Å². The van der Waals surface area contributed by atoms with Gasteiger partial charge < -0.3 is 0 Å². The zero-order valence-corrected chi connectivity index (χ0v) is 14.3. The monoisotopic (exact) mass is 351 g/mol. The highest BCUT2D eigenvalue weighted by Crippen LogP contribution is 2.44. The molecule has 2 rings (SSSR count). The quantitative estimate of drug-likeness (QED) is 0.728. The molecule has 1 saturated carbocycles. The molecule has 0 N–H and O–H groups in total. The zero-order chi connectivity index (χ0) is 13.9. The van der Waals surface area contributed by atoms with Crippen LogP contribution in [0.15, 0.2) is 0 Å². The Balaban J connectivity index is 1.97. The number of hydrogen-bond acceptors (Lipinski definition) is 2. The predicted octanol–water partition coefficient (Wildman–Crippen LogP) is 3.39. The Bertz CT molecular complexity index is 390. The topological polar surface area (TPSA) is 37.4 Å². The molecule has 1 aliphatic carbocycles. The van der Waals surface area contributed by atoms with Gasteiger partial charge in [-0.3, -0.25) is 0 Å². The SMILES string of the molecule is CS(=O)(=O)N1CCCC(CC2(CBr)CCCCC2)C1. The van der Waals surface area contributed by atoms with Gasteiger partial charge in [-0.1, -0.05) is 35.2 Å². The Morgan fingerprint density at radius 1 is 1.21 bits per heavy atom. The van der Waals surface area contributed by atoms with E-state index in [-0.39, 0.29) is 0 Å². The fourth-order valence-corrected chi connectivity index (χ4v) is 5.53. The Hall–Kier alpha value is 0.390. The first-order valence-corrected chi connectivity index (χ1v) is 10.4. The molecule has 19 heavy (non-hydrogen) atoms. The van der Waals surface area contributed by atoms with Crippen LogP contribution in [0.2, 0.25) is 0 Å².